The smallest absolute Gasteiger partial charge is 0.312 e. The van der Waals surface area contributed by atoms with Crippen molar-refractivity contribution in [3.63, 3.8) is 0 Å². The second-order valence-corrected chi connectivity index (χ2v) is 4.04. The molecule has 1 unspecified atom stereocenters. The monoisotopic (exact) mass is 226 g/mol. The molecule has 0 aliphatic carbocycles. The summed E-state index contributed by atoms with van der Waals surface area (Å²) < 4.78 is 5.07. The number of hydrogen-bond donors (Lipinski definition) is 0. The van der Waals surface area contributed by atoms with Crippen LogP contribution in [0.15, 0.2) is 12.2 Å². The van der Waals surface area contributed by atoms with E-state index in [4.69, 9.17) is 4.74 Å². The molecule has 0 saturated heterocycles. The van der Waals surface area contributed by atoms with Gasteiger partial charge in [0.25, 0.3) is 0 Å². The van der Waals surface area contributed by atoms with Crippen LogP contribution in [-0.2, 0) is 9.53 Å². The van der Waals surface area contributed by atoms with Crippen molar-refractivity contribution in [2.75, 3.05) is 6.61 Å². The molecule has 0 radical (unpaired) electrons. The average molecular weight is 226 g/mol. The zero-order valence-corrected chi connectivity index (χ0v) is 11.0. The van der Waals surface area contributed by atoms with Crippen molar-refractivity contribution >= 4 is 5.97 Å². The highest BCUT2D eigenvalue weighted by Crippen LogP contribution is 2.14. The van der Waals surface area contributed by atoms with E-state index in [1.165, 1.54) is 19.3 Å². The Kier molecular flexibility index (Phi) is 10.2. The van der Waals surface area contributed by atoms with Gasteiger partial charge in [0.1, 0.15) is 0 Å². The molecule has 0 rings (SSSR count). The third-order valence-electron chi connectivity index (χ3n) is 2.56. The second-order valence-electron chi connectivity index (χ2n) is 4.04. The minimum atomic E-state index is -0.0660. The van der Waals surface area contributed by atoms with Crippen LogP contribution < -0.4 is 0 Å². The van der Waals surface area contributed by atoms with E-state index < -0.39 is 0 Å². The summed E-state index contributed by atoms with van der Waals surface area (Å²) in [5.41, 5.74) is 0. The number of carbonyl (C=O) groups excluding carboxylic acids is 1. The van der Waals surface area contributed by atoms with Gasteiger partial charge >= 0.3 is 5.97 Å². The predicted molar refractivity (Wildman–Crippen MR) is 68.3 cm³/mol. The molecule has 94 valence electrons. The molecule has 0 aromatic rings. The van der Waals surface area contributed by atoms with Gasteiger partial charge in [-0.25, -0.2) is 0 Å². The molecule has 0 bridgehead atoms. The molecule has 2 nitrogen and oxygen atoms in total. The second kappa shape index (κ2) is 10.7. The van der Waals surface area contributed by atoms with E-state index in [1.54, 1.807) is 0 Å². The molecule has 0 aliphatic rings. The van der Waals surface area contributed by atoms with Crippen LogP contribution in [0.25, 0.3) is 0 Å². The molecule has 0 aromatic heterocycles. The van der Waals surface area contributed by atoms with Gasteiger partial charge in [0.2, 0.25) is 0 Å². The molecule has 0 fully saturated rings. The quantitative estimate of drug-likeness (QED) is 0.336. The highest BCUT2D eigenvalue weighted by Gasteiger charge is 2.15. The van der Waals surface area contributed by atoms with Gasteiger partial charge in [-0.05, 0) is 19.8 Å². The lowest BCUT2D eigenvalue weighted by atomic mass is 10.00. The Morgan fingerprint density at radius 1 is 1.19 bits per heavy atom. The van der Waals surface area contributed by atoms with Crippen molar-refractivity contribution in [3.05, 3.63) is 12.2 Å². The molecule has 16 heavy (non-hydrogen) atoms. The van der Waals surface area contributed by atoms with Crippen LogP contribution >= 0.6 is 0 Å². The van der Waals surface area contributed by atoms with Gasteiger partial charge in [-0.1, -0.05) is 51.7 Å². The van der Waals surface area contributed by atoms with E-state index in [0.29, 0.717) is 6.61 Å². The van der Waals surface area contributed by atoms with Crippen LogP contribution in [0.1, 0.15) is 59.3 Å². The van der Waals surface area contributed by atoms with Gasteiger partial charge in [-0.15, -0.1) is 0 Å². The summed E-state index contributed by atoms with van der Waals surface area (Å²) in [4.78, 5) is 11.6. The molecular weight excluding hydrogens is 200 g/mol. The Morgan fingerprint density at radius 2 is 1.94 bits per heavy atom. The number of rotatable bonds is 9. The van der Waals surface area contributed by atoms with E-state index in [-0.39, 0.29) is 11.9 Å². The first kappa shape index (κ1) is 15.2. The molecule has 0 amide bonds. The van der Waals surface area contributed by atoms with E-state index in [0.717, 1.165) is 19.3 Å². The summed E-state index contributed by atoms with van der Waals surface area (Å²) >= 11 is 0. The van der Waals surface area contributed by atoms with Gasteiger partial charge in [0.15, 0.2) is 0 Å². The fourth-order valence-electron chi connectivity index (χ4n) is 1.63. The van der Waals surface area contributed by atoms with Crippen LogP contribution in [0.4, 0.5) is 0 Å². The Hall–Kier alpha value is -0.790. The molecule has 0 spiro atoms. The number of carbonyl (C=O) groups is 1. The van der Waals surface area contributed by atoms with Crippen molar-refractivity contribution in [2.24, 2.45) is 5.92 Å². The van der Waals surface area contributed by atoms with Crippen LogP contribution in [0.5, 0.6) is 0 Å². The first-order chi connectivity index (χ1) is 7.76. The summed E-state index contributed by atoms with van der Waals surface area (Å²) in [6.45, 7) is 6.61. The molecule has 1 atom stereocenters. The van der Waals surface area contributed by atoms with Gasteiger partial charge in [-0.2, -0.15) is 0 Å². The summed E-state index contributed by atoms with van der Waals surface area (Å²) in [5.74, 6) is -0.0968. The standard InChI is InChI=1S/C14H26O2/c1-4-7-9-10-12-13(11-8-5-2)14(15)16-6-3/h8,11,13H,4-7,9-10,12H2,1-3H3/b11-8+. The maximum atomic E-state index is 11.6. The first-order valence-corrected chi connectivity index (χ1v) is 6.59. The largest absolute Gasteiger partial charge is 0.466 e. The fourth-order valence-corrected chi connectivity index (χ4v) is 1.63. The first-order valence-electron chi connectivity index (χ1n) is 6.59. The summed E-state index contributed by atoms with van der Waals surface area (Å²) in [7, 11) is 0. The van der Waals surface area contributed by atoms with Crippen molar-refractivity contribution in [1.29, 1.82) is 0 Å². The summed E-state index contributed by atoms with van der Waals surface area (Å²) in [5, 5.41) is 0. The minimum Gasteiger partial charge on any atom is -0.466 e. The van der Waals surface area contributed by atoms with E-state index in [2.05, 4.69) is 19.9 Å². The molecule has 2 heteroatoms. The Labute approximate surface area is 100 Å². The maximum Gasteiger partial charge on any atom is 0.312 e. The number of ether oxygens (including phenoxy) is 1. The van der Waals surface area contributed by atoms with Gasteiger partial charge in [0.05, 0.1) is 12.5 Å². The third-order valence-corrected chi connectivity index (χ3v) is 2.56. The number of esters is 1. The van der Waals surface area contributed by atoms with Crippen molar-refractivity contribution in [3.8, 4) is 0 Å². The van der Waals surface area contributed by atoms with Crippen LogP contribution in [0.2, 0.25) is 0 Å². The van der Waals surface area contributed by atoms with E-state index >= 15 is 0 Å². The molecule has 0 heterocycles. The van der Waals surface area contributed by atoms with Gasteiger partial charge in [-0.3, -0.25) is 4.79 Å². The van der Waals surface area contributed by atoms with E-state index in [1.807, 2.05) is 13.0 Å². The molecule has 0 aliphatic heterocycles. The predicted octanol–water partition coefficient (Wildman–Crippen LogP) is 4.10. The van der Waals surface area contributed by atoms with Crippen LogP contribution in [0, 0.1) is 5.92 Å². The SMILES string of the molecule is CC/C=C/C(CCCCCC)C(=O)OCC. The molecule has 0 aromatic carbocycles. The van der Waals surface area contributed by atoms with Crippen LogP contribution in [-0.4, -0.2) is 12.6 Å². The Balaban J connectivity index is 3.99. The Bertz CT molecular complexity index is 197. The number of allylic oxidation sites excluding steroid dienone is 1. The van der Waals surface area contributed by atoms with Gasteiger partial charge in [0, 0.05) is 0 Å². The highest BCUT2D eigenvalue weighted by molar-refractivity contribution is 5.74. The minimum absolute atomic E-state index is 0.0308. The Morgan fingerprint density at radius 3 is 2.50 bits per heavy atom. The normalized spacial score (nSPS) is 12.9. The van der Waals surface area contributed by atoms with Crippen molar-refractivity contribution < 1.29 is 9.53 Å². The van der Waals surface area contributed by atoms with Crippen molar-refractivity contribution in [2.45, 2.75) is 59.3 Å². The average Bonchev–Trinajstić information content (AvgIpc) is 2.28. The van der Waals surface area contributed by atoms with E-state index in [9.17, 15) is 4.79 Å². The van der Waals surface area contributed by atoms with Gasteiger partial charge < -0.3 is 4.74 Å². The zero-order valence-electron chi connectivity index (χ0n) is 11.0. The lowest BCUT2D eigenvalue weighted by molar-refractivity contribution is -0.146. The third kappa shape index (κ3) is 7.49. The lowest BCUT2D eigenvalue weighted by Gasteiger charge is -2.11. The maximum absolute atomic E-state index is 11.6. The topological polar surface area (TPSA) is 26.3 Å². The molecule has 0 saturated carbocycles. The highest BCUT2D eigenvalue weighted by atomic mass is 16.5. The zero-order chi connectivity index (χ0) is 12.2. The summed E-state index contributed by atoms with van der Waals surface area (Å²) in [6.07, 6.45) is 10.8. The number of unbranched alkanes of at least 4 members (excludes halogenated alkanes) is 3. The molecule has 0 N–H and O–H groups in total. The van der Waals surface area contributed by atoms with Crippen molar-refractivity contribution in [1.82, 2.24) is 0 Å². The van der Waals surface area contributed by atoms with Crippen LogP contribution in [0.3, 0.4) is 0 Å². The lowest BCUT2D eigenvalue weighted by Crippen LogP contribution is -2.15. The fraction of sp³-hybridized carbons (Fsp3) is 0.786. The molecular formula is C14H26O2. The number of hydrogen-bond acceptors (Lipinski definition) is 2. The summed E-state index contributed by atoms with van der Waals surface area (Å²) in [6, 6.07) is 0.